The Bertz CT molecular complexity index is 1120. The number of rotatable bonds is 8. The number of methoxy groups -OCH3 is 2. The van der Waals surface area contributed by atoms with Gasteiger partial charge in [0.25, 0.3) is 0 Å². The Morgan fingerprint density at radius 3 is 2.42 bits per heavy atom. The van der Waals surface area contributed by atoms with E-state index in [2.05, 4.69) is 4.98 Å². The highest BCUT2D eigenvalue weighted by Gasteiger charge is 2.36. The number of ether oxygens (including phenoxy) is 5. The predicted molar refractivity (Wildman–Crippen MR) is 112 cm³/mol. The van der Waals surface area contributed by atoms with Crippen molar-refractivity contribution >= 4 is 33.9 Å². The molecule has 1 aromatic carbocycles. The number of furan rings is 1. The molecule has 0 bridgehead atoms. The Kier molecular flexibility index (Phi) is 6.24. The average Bonchev–Trinajstić information content (AvgIpc) is 3.15. The molecule has 3 aromatic rings. The SMILES string of the molecule is COc1cc2nc3occc3c(OC)c2cc1OCC(OC(C)=O)C(C)(C)OC(C)=O. The van der Waals surface area contributed by atoms with E-state index in [1.165, 1.54) is 27.2 Å². The molecular formula is C22H25NO8. The summed E-state index contributed by atoms with van der Waals surface area (Å²) in [6.45, 7) is 5.78. The predicted octanol–water partition coefficient (Wildman–Crippen LogP) is 3.65. The standard InChI is InChI=1S/C22H25NO8/c1-12(24)30-19(22(3,4)31-13(2)25)11-29-18-9-15-16(10-17(18)26-5)23-21-14(7-8-28-21)20(15)27-6/h7-10,19H,11H2,1-6H3. The zero-order valence-corrected chi connectivity index (χ0v) is 18.3. The van der Waals surface area contributed by atoms with Gasteiger partial charge in [0, 0.05) is 25.3 Å². The molecule has 0 radical (unpaired) electrons. The van der Waals surface area contributed by atoms with E-state index >= 15 is 0 Å². The van der Waals surface area contributed by atoms with Gasteiger partial charge in [-0.15, -0.1) is 0 Å². The van der Waals surface area contributed by atoms with Gasteiger partial charge in [-0.1, -0.05) is 0 Å². The third-order valence-electron chi connectivity index (χ3n) is 4.72. The molecule has 0 aliphatic rings. The van der Waals surface area contributed by atoms with Gasteiger partial charge in [-0.05, 0) is 26.0 Å². The molecule has 0 fully saturated rings. The zero-order valence-electron chi connectivity index (χ0n) is 18.3. The largest absolute Gasteiger partial charge is 0.495 e. The van der Waals surface area contributed by atoms with Crippen LogP contribution >= 0.6 is 0 Å². The van der Waals surface area contributed by atoms with Crippen LogP contribution in [0, 0.1) is 0 Å². The minimum Gasteiger partial charge on any atom is -0.495 e. The minimum atomic E-state index is -1.11. The fourth-order valence-corrected chi connectivity index (χ4v) is 3.31. The Hall–Kier alpha value is -3.49. The normalized spacial score (nSPS) is 12.5. The van der Waals surface area contributed by atoms with Gasteiger partial charge in [0.2, 0.25) is 5.71 Å². The molecule has 2 aromatic heterocycles. The van der Waals surface area contributed by atoms with E-state index in [9.17, 15) is 9.59 Å². The summed E-state index contributed by atoms with van der Waals surface area (Å²) in [6.07, 6.45) is 0.680. The van der Waals surface area contributed by atoms with Crippen molar-refractivity contribution in [3.63, 3.8) is 0 Å². The van der Waals surface area contributed by atoms with Crippen molar-refractivity contribution in [1.29, 1.82) is 0 Å². The first-order valence-corrected chi connectivity index (χ1v) is 9.58. The Balaban J connectivity index is 1.99. The van der Waals surface area contributed by atoms with E-state index < -0.39 is 23.6 Å². The van der Waals surface area contributed by atoms with E-state index in [-0.39, 0.29) is 6.61 Å². The number of fused-ring (bicyclic) bond motifs is 2. The number of hydrogen-bond donors (Lipinski definition) is 0. The quantitative estimate of drug-likeness (QED) is 0.494. The van der Waals surface area contributed by atoms with Crippen LogP contribution in [0.1, 0.15) is 27.7 Å². The molecule has 0 spiro atoms. The lowest BCUT2D eigenvalue weighted by Gasteiger charge is -2.32. The number of esters is 2. The maximum atomic E-state index is 11.6. The summed E-state index contributed by atoms with van der Waals surface area (Å²) in [6, 6.07) is 5.20. The van der Waals surface area contributed by atoms with Gasteiger partial charge >= 0.3 is 11.9 Å². The first kappa shape index (κ1) is 22.2. The minimum absolute atomic E-state index is 0.0780. The summed E-state index contributed by atoms with van der Waals surface area (Å²) in [5.41, 5.74) is -0.0672. The number of carbonyl (C=O) groups excluding carboxylic acids is 2. The first-order valence-electron chi connectivity index (χ1n) is 9.58. The fourth-order valence-electron chi connectivity index (χ4n) is 3.31. The Labute approximate surface area is 179 Å². The smallest absolute Gasteiger partial charge is 0.303 e. The fraction of sp³-hybridized carbons (Fsp3) is 0.409. The van der Waals surface area contributed by atoms with Crippen molar-refractivity contribution < 1.29 is 37.7 Å². The van der Waals surface area contributed by atoms with Crippen molar-refractivity contribution in [3.05, 3.63) is 24.5 Å². The third kappa shape index (κ3) is 4.65. The molecule has 3 rings (SSSR count). The summed E-state index contributed by atoms with van der Waals surface area (Å²) < 4.78 is 33.1. The molecule has 1 atom stereocenters. The van der Waals surface area contributed by atoms with Crippen LogP contribution in [0.25, 0.3) is 22.0 Å². The summed E-state index contributed by atoms with van der Waals surface area (Å²) in [7, 11) is 3.06. The maximum absolute atomic E-state index is 11.6. The summed E-state index contributed by atoms with van der Waals surface area (Å²) in [4.78, 5) is 27.6. The first-order chi connectivity index (χ1) is 14.7. The van der Waals surface area contributed by atoms with Crippen molar-refractivity contribution in [3.8, 4) is 17.2 Å². The van der Waals surface area contributed by atoms with Gasteiger partial charge in [0.15, 0.2) is 17.6 Å². The van der Waals surface area contributed by atoms with E-state index in [1.54, 1.807) is 39.2 Å². The summed E-state index contributed by atoms with van der Waals surface area (Å²) >= 11 is 0. The van der Waals surface area contributed by atoms with Crippen molar-refractivity contribution in [2.24, 2.45) is 0 Å². The molecule has 166 valence electrons. The second-order valence-electron chi connectivity index (χ2n) is 7.41. The molecule has 31 heavy (non-hydrogen) atoms. The molecule has 0 aliphatic carbocycles. The van der Waals surface area contributed by atoms with Gasteiger partial charge in [-0.2, -0.15) is 0 Å². The van der Waals surface area contributed by atoms with Crippen LogP contribution in [0.4, 0.5) is 0 Å². The van der Waals surface area contributed by atoms with Gasteiger partial charge in [0.1, 0.15) is 18.0 Å². The Morgan fingerprint density at radius 1 is 1.06 bits per heavy atom. The number of hydrogen-bond acceptors (Lipinski definition) is 9. The van der Waals surface area contributed by atoms with Crippen molar-refractivity contribution in [2.75, 3.05) is 20.8 Å². The van der Waals surface area contributed by atoms with Gasteiger partial charge in [0.05, 0.1) is 31.4 Å². The topological polar surface area (TPSA) is 106 Å². The van der Waals surface area contributed by atoms with E-state index in [1.807, 2.05) is 0 Å². The highest BCUT2D eigenvalue weighted by molar-refractivity contribution is 6.00. The highest BCUT2D eigenvalue weighted by atomic mass is 16.6. The molecule has 1 unspecified atom stereocenters. The van der Waals surface area contributed by atoms with Gasteiger partial charge < -0.3 is 28.1 Å². The molecular weight excluding hydrogens is 406 g/mol. The second kappa shape index (κ2) is 8.71. The number of benzene rings is 1. The average molecular weight is 431 g/mol. The molecule has 0 saturated carbocycles. The molecule has 9 heteroatoms. The van der Waals surface area contributed by atoms with E-state index in [0.717, 1.165) is 5.39 Å². The monoisotopic (exact) mass is 431 g/mol. The van der Waals surface area contributed by atoms with Crippen molar-refractivity contribution in [1.82, 2.24) is 4.98 Å². The van der Waals surface area contributed by atoms with Crippen LogP contribution in [0.15, 0.2) is 28.9 Å². The summed E-state index contributed by atoms with van der Waals surface area (Å²) in [5, 5.41) is 1.41. The molecule has 2 heterocycles. The number of pyridine rings is 1. The van der Waals surface area contributed by atoms with Crippen LogP contribution in [-0.2, 0) is 19.1 Å². The van der Waals surface area contributed by atoms with Crippen LogP contribution in [0.5, 0.6) is 17.2 Å². The molecule has 0 aliphatic heterocycles. The number of aromatic nitrogens is 1. The lowest BCUT2D eigenvalue weighted by atomic mass is 10.0. The third-order valence-corrected chi connectivity index (χ3v) is 4.72. The van der Waals surface area contributed by atoms with Crippen LogP contribution < -0.4 is 14.2 Å². The van der Waals surface area contributed by atoms with Crippen LogP contribution in [0.3, 0.4) is 0 Å². The molecule has 0 N–H and O–H groups in total. The maximum Gasteiger partial charge on any atom is 0.303 e. The van der Waals surface area contributed by atoms with Crippen LogP contribution in [0.2, 0.25) is 0 Å². The lowest BCUT2D eigenvalue weighted by molar-refractivity contribution is -0.181. The van der Waals surface area contributed by atoms with E-state index in [0.29, 0.717) is 33.9 Å². The summed E-state index contributed by atoms with van der Waals surface area (Å²) in [5.74, 6) is 0.365. The molecule has 9 nitrogen and oxygen atoms in total. The molecule has 0 amide bonds. The molecule has 0 saturated heterocycles. The zero-order chi connectivity index (χ0) is 22.8. The van der Waals surface area contributed by atoms with E-state index in [4.69, 9.17) is 28.1 Å². The second-order valence-corrected chi connectivity index (χ2v) is 7.41. The van der Waals surface area contributed by atoms with Crippen molar-refractivity contribution in [2.45, 2.75) is 39.4 Å². The van der Waals surface area contributed by atoms with Gasteiger partial charge in [-0.25, -0.2) is 4.98 Å². The lowest BCUT2D eigenvalue weighted by Crippen LogP contribution is -2.46. The number of nitrogens with zero attached hydrogens (tertiary/aromatic N) is 1. The van der Waals surface area contributed by atoms with Gasteiger partial charge in [-0.3, -0.25) is 9.59 Å². The highest BCUT2D eigenvalue weighted by Crippen LogP contribution is 2.39. The number of carbonyl (C=O) groups is 2. The van der Waals surface area contributed by atoms with Crippen LogP contribution in [-0.4, -0.2) is 49.5 Å². The Morgan fingerprint density at radius 2 is 1.81 bits per heavy atom.